The minimum atomic E-state index is -0.0642. The number of hydrogen-bond donors (Lipinski definition) is 2. The summed E-state index contributed by atoms with van der Waals surface area (Å²) in [5.74, 6) is 0. The Morgan fingerprint density at radius 1 is 1.17 bits per heavy atom. The first kappa shape index (κ1) is 20.8. The minimum Gasteiger partial charge on any atom is -0.396 e. The normalized spacial score (nSPS) is 18.7. The number of halogens is 1. The van der Waals surface area contributed by atoms with E-state index in [-0.39, 0.29) is 18.7 Å². The molecule has 0 amide bonds. The van der Waals surface area contributed by atoms with E-state index in [1.165, 1.54) is 5.56 Å². The minimum absolute atomic E-state index is 0.0157. The number of aryl methyl sites for hydroxylation is 1. The summed E-state index contributed by atoms with van der Waals surface area (Å²) in [6, 6.07) is 16.0. The van der Waals surface area contributed by atoms with Crippen LogP contribution in [0.4, 0.5) is 0 Å². The third-order valence-electron chi connectivity index (χ3n) is 5.61. The van der Waals surface area contributed by atoms with Gasteiger partial charge < -0.3 is 19.9 Å². The van der Waals surface area contributed by atoms with Gasteiger partial charge in [0.2, 0.25) is 0 Å². The van der Waals surface area contributed by atoms with Crippen LogP contribution in [-0.2, 0) is 0 Å². The lowest BCUT2D eigenvalue weighted by Gasteiger charge is -2.28. The molecule has 4 rings (SSSR count). The van der Waals surface area contributed by atoms with E-state index < -0.39 is 0 Å². The van der Waals surface area contributed by atoms with Crippen LogP contribution in [0.15, 0.2) is 54.7 Å². The van der Waals surface area contributed by atoms with Crippen molar-refractivity contribution < 1.29 is 5.11 Å². The van der Waals surface area contributed by atoms with Crippen LogP contribution in [0.5, 0.6) is 0 Å². The van der Waals surface area contributed by atoms with Crippen molar-refractivity contribution in [2.24, 2.45) is 0 Å². The molecule has 156 valence electrons. The zero-order valence-corrected chi connectivity index (χ0v) is 18.6. The summed E-state index contributed by atoms with van der Waals surface area (Å²) in [4.78, 5) is 6.77. The molecular weight excluding hydrogens is 416 g/mol. The highest BCUT2D eigenvalue weighted by Gasteiger charge is 2.41. The van der Waals surface area contributed by atoms with Gasteiger partial charge in [-0.25, -0.2) is 0 Å². The zero-order valence-electron chi connectivity index (χ0n) is 17.0. The lowest BCUT2D eigenvalue weighted by molar-refractivity contribution is 0.247. The quantitative estimate of drug-likeness (QED) is 0.553. The lowest BCUT2D eigenvalue weighted by Crippen LogP contribution is -2.31. The van der Waals surface area contributed by atoms with Crippen molar-refractivity contribution in [2.45, 2.75) is 32.4 Å². The van der Waals surface area contributed by atoms with Crippen LogP contribution in [0, 0.1) is 13.8 Å². The van der Waals surface area contributed by atoms with Crippen LogP contribution >= 0.6 is 23.8 Å². The van der Waals surface area contributed by atoms with E-state index in [1.807, 2.05) is 42.6 Å². The molecule has 7 heteroatoms. The molecule has 0 saturated carbocycles. The zero-order chi connectivity index (χ0) is 21.3. The van der Waals surface area contributed by atoms with Crippen molar-refractivity contribution in [3.63, 3.8) is 0 Å². The Hall–Kier alpha value is -2.41. The molecule has 0 bridgehead atoms. The van der Waals surface area contributed by atoms with Crippen molar-refractivity contribution in [1.82, 2.24) is 19.8 Å². The average Bonchev–Trinajstić information content (AvgIpc) is 3.22. The fraction of sp³-hybridized carbons (Fsp3) is 0.304. The number of thiocarbonyl (C=S) groups is 1. The number of pyridine rings is 1. The van der Waals surface area contributed by atoms with E-state index in [0.717, 1.165) is 22.8 Å². The molecule has 30 heavy (non-hydrogen) atoms. The Balaban J connectivity index is 1.82. The summed E-state index contributed by atoms with van der Waals surface area (Å²) in [6.07, 6.45) is 2.46. The van der Waals surface area contributed by atoms with E-state index in [2.05, 4.69) is 45.7 Å². The third-order valence-corrected chi connectivity index (χ3v) is 6.20. The van der Waals surface area contributed by atoms with E-state index in [0.29, 0.717) is 23.1 Å². The Morgan fingerprint density at radius 3 is 2.70 bits per heavy atom. The highest BCUT2D eigenvalue weighted by atomic mass is 35.5. The fourth-order valence-corrected chi connectivity index (χ4v) is 4.84. The van der Waals surface area contributed by atoms with Gasteiger partial charge in [0.25, 0.3) is 0 Å². The summed E-state index contributed by atoms with van der Waals surface area (Å²) in [5, 5.41) is 14.3. The van der Waals surface area contributed by atoms with E-state index in [1.54, 1.807) is 0 Å². The number of nitrogens with zero attached hydrogens (tertiary/aromatic N) is 3. The molecule has 0 unspecified atom stereocenters. The molecule has 0 spiro atoms. The second-order valence-corrected chi connectivity index (χ2v) is 8.36. The lowest BCUT2D eigenvalue weighted by atomic mass is 9.96. The van der Waals surface area contributed by atoms with Crippen molar-refractivity contribution in [2.75, 3.05) is 13.2 Å². The molecular formula is C23H25ClN4OS. The predicted molar refractivity (Wildman–Crippen MR) is 124 cm³/mol. The van der Waals surface area contributed by atoms with E-state index in [9.17, 15) is 5.11 Å². The van der Waals surface area contributed by atoms with Gasteiger partial charge in [-0.15, -0.1) is 0 Å². The summed E-state index contributed by atoms with van der Waals surface area (Å²) in [7, 11) is 0. The van der Waals surface area contributed by atoms with Gasteiger partial charge in [-0.2, -0.15) is 0 Å². The Bertz CT molecular complexity index is 1050. The molecule has 3 heterocycles. The van der Waals surface area contributed by atoms with Crippen LogP contribution < -0.4 is 5.32 Å². The molecule has 1 aliphatic rings. The Kier molecular flexibility index (Phi) is 6.09. The van der Waals surface area contributed by atoms with Crippen molar-refractivity contribution in [1.29, 1.82) is 0 Å². The molecule has 1 fully saturated rings. The second-order valence-electron chi connectivity index (χ2n) is 7.54. The van der Waals surface area contributed by atoms with E-state index >= 15 is 0 Å². The predicted octanol–water partition coefficient (Wildman–Crippen LogP) is 4.50. The molecule has 2 N–H and O–H groups in total. The van der Waals surface area contributed by atoms with Crippen LogP contribution in [0.1, 0.15) is 41.1 Å². The van der Waals surface area contributed by atoms with Gasteiger partial charge in [-0.3, -0.25) is 4.98 Å². The standard InChI is InChI=1S/C23H25ClN4OS/c1-15-13-19(16(2)28(15)18-8-5-7-17(24)14-18)22-21(20-9-3-4-10-25-20)26-23(30)27(22)11-6-12-29/h3-5,7-10,13-14,21-22,29H,6,11-12H2,1-2H3,(H,26,30)/t21-,22-/m0/s1. The molecule has 0 aliphatic carbocycles. The van der Waals surface area contributed by atoms with Crippen LogP contribution in [-0.4, -0.2) is 37.8 Å². The van der Waals surface area contributed by atoms with Gasteiger partial charge in [-0.1, -0.05) is 23.7 Å². The van der Waals surface area contributed by atoms with Gasteiger partial charge >= 0.3 is 0 Å². The number of rotatable bonds is 6. The topological polar surface area (TPSA) is 53.3 Å². The Morgan fingerprint density at radius 2 is 2.00 bits per heavy atom. The van der Waals surface area contributed by atoms with Gasteiger partial charge in [0.1, 0.15) is 0 Å². The maximum Gasteiger partial charge on any atom is 0.170 e. The largest absolute Gasteiger partial charge is 0.396 e. The number of aliphatic hydroxyl groups excluding tert-OH is 1. The molecule has 1 aromatic carbocycles. The highest BCUT2D eigenvalue weighted by molar-refractivity contribution is 7.80. The van der Waals surface area contributed by atoms with Crippen LogP contribution in [0.25, 0.3) is 5.69 Å². The summed E-state index contributed by atoms with van der Waals surface area (Å²) in [5.41, 5.74) is 5.44. The van der Waals surface area contributed by atoms with Crippen molar-refractivity contribution in [3.8, 4) is 5.69 Å². The van der Waals surface area contributed by atoms with Gasteiger partial charge in [0.15, 0.2) is 5.11 Å². The average molecular weight is 441 g/mol. The molecule has 2 aromatic heterocycles. The number of hydrogen-bond acceptors (Lipinski definition) is 3. The van der Waals surface area contributed by atoms with Crippen LogP contribution in [0.2, 0.25) is 5.02 Å². The summed E-state index contributed by atoms with van der Waals surface area (Å²) >= 11 is 11.9. The number of nitrogens with one attached hydrogen (secondary N) is 1. The first-order valence-corrected chi connectivity index (χ1v) is 10.8. The number of aromatic nitrogens is 2. The van der Waals surface area contributed by atoms with Gasteiger partial charge in [0, 0.05) is 41.4 Å². The first-order valence-electron chi connectivity index (χ1n) is 10.0. The maximum atomic E-state index is 9.41. The molecule has 2 atom stereocenters. The SMILES string of the molecule is Cc1cc([C@H]2[C@H](c3ccccn3)NC(=S)N2CCCO)c(C)n1-c1cccc(Cl)c1. The molecule has 5 nitrogen and oxygen atoms in total. The number of benzene rings is 1. The third kappa shape index (κ3) is 3.83. The first-order chi connectivity index (χ1) is 14.5. The molecule has 3 aromatic rings. The monoisotopic (exact) mass is 440 g/mol. The van der Waals surface area contributed by atoms with Crippen molar-refractivity contribution >= 4 is 28.9 Å². The molecule has 1 saturated heterocycles. The highest BCUT2D eigenvalue weighted by Crippen LogP contribution is 2.41. The van der Waals surface area contributed by atoms with Gasteiger partial charge in [-0.05, 0) is 74.4 Å². The molecule has 0 radical (unpaired) electrons. The molecule has 1 aliphatic heterocycles. The Labute approximate surface area is 187 Å². The second kappa shape index (κ2) is 8.76. The van der Waals surface area contributed by atoms with Gasteiger partial charge in [0.05, 0.1) is 17.8 Å². The smallest absolute Gasteiger partial charge is 0.170 e. The van der Waals surface area contributed by atoms with Crippen molar-refractivity contribution in [3.05, 3.63) is 82.4 Å². The number of aliphatic hydroxyl groups is 1. The summed E-state index contributed by atoms with van der Waals surface area (Å²) in [6.45, 7) is 5.04. The van der Waals surface area contributed by atoms with Crippen LogP contribution in [0.3, 0.4) is 0 Å². The fourth-order valence-electron chi connectivity index (χ4n) is 4.33. The maximum absolute atomic E-state index is 9.41. The van der Waals surface area contributed by atoms with E-state index in [4.69, 9.17) is 23.8 Å². The summed E-state index contributed by atoms with van der Waals surface area (Å²) < 4.78 is 2.22.